The van der Waals surface area contributed by atoms with Crippen molar-refractivity contribution in [2.45, 2.75) is 26.3 Å². The Kier molecular flexibility index (Phi) is 6.94. The molecule has 0 aliphatic rings. The summed E-state index contributed by atoms with van der Waals surface area (Å²) in [5.74, 6) is 1.60. The van der Waals surface area contributed by atoms with E-state index in [0.29, 0.717) is 31.0 Å². The standard InChI is InChI=1S/C19H22ClNO3/c1-14-11-16(20)8-9-18(14)24-10-4-7-19(22)21-13-15-5-3-6-17(12-15)23-2/h3,5-6,8-9,11-12H,4,7,10,13H2,1-2H3,(H,21,22). The highest BCUT2D eigenvalue weighted by atomic mass is 35.5. The molecule has 24 heavy (non-hydrogen) atoms. The molecule has 2 aromatic carbocycles. The fourth-order valence-electron chi connectivity index (χ4n) is 2.26. The van der Waals surface area contributed by atoms with Gasteiger partial charge in [-0.15, -0.1) is 0 Å². The van der Waals surface area contributed by atoms with E-state index in [4.69, 9.17) is 21.1 Å². The topological polar surface area (TPSA) is 47.6 Å². The van der Waals surface area contributed by atoms with Crippen molar-refractivity contribution in [1.29, 1.82) is 0 Å². The van der Waals surface area contributed by atoms with Crippen LogP contribution in [-0.2, 0) is 11.3 Å². The highest BCUT2D eigenvalue weighted by molar-refractivity contribution is 6.30. The Morgan fingerprint density at radius 3 is 2.79 bits per heavy atom. The van der Waals surface area contributed by atoms with Gasteiger partial charge in [0.05, 0.1) is 13.7 Å². The quantitative estimate of drug-likeness (QED) is 0.730. The number of nitrogens with one attached hydrogen (secondary N) is 1. The molecule has 0 saturated heterocycles. The molecule has 0 saturated carbocycles. The fourth-order valence-corrected chi connectivity index (χ4v) is 2.49. The highest BCUT2D eigenvalue weighted by Gasteiger charge is 2.04. The molecule has 0 spiro atoms. The normalized spacial score (nSPS) is 10.3. The van der Waals surface area contributed by atoms with Crippen LogP contribution in [-0.4, -0.2) is 19.6 Å². The minimum atomic E-state index is 0.00856. The van der Waals surface area contributed by atoms with Crippen LogP contribution in [0.5, 0.6) is 11.5 Å². The van der Waals surface area contributed by atoms with Gasteiger partial charge in [-0.25, -0.2) is 0 Å². The predicted octanol–water partition coefficient (Wildman–Crippen LogP) is 4.13. The number of rotatable bonds is 8. The average Bonchev–Trinajstić information content (AvgIpc) is 2.58. The number of methoxy groups -OCH3 is 1. The Morgan fingerprint density at radius 2 is 2.04 bits per heavy atom. The molecular weight excluding hydrogens is 326 g/mol. The van der Waals surface area contributed by atoms with Crippen molar-refractivity contribution in [3.63, 3.8) is 0 Å². The molecule has 1 N–H and O–H groups in total. The molecule has 0 fully saturated rings. The zero-order valence-electron chi connectivity index (χ0n) is 14.0. The third kappa shape index (κ3) is 5.78. The molecule has 0 heterocycles. The van der Waals surface area contributed by atoms with Crippen molar-refractivity contribution in [3.8, 4) is 11.5 Å². The second-order valence-corrected chi connectivity index (χ2v) is 5.93. The summed E-state index contributed by atoms with van der Waals surface area (Å²) in [5.41, 5.74) is 2.00. The number of hydrogen-bond acceptors (Lipinski definition) is 3. The fraction of sp³-hybridized carbons (Fsp3) is 0.316. The van der Waals surface area contributed by atoms with E-state index < -0.39 is 0 Å². The van der Waals surface area contributed by atoms with E-state index in [1.54, 1.807) is 13.2 Å². The number of carbonyl (C=O) groups excluding carboxylic acids is 1. The molecule has 128 valence electrons. The number of amides is 1. The summed E-state index contributed by atoms with van der Waals surface area (Å²) in [5, 5.41) is 3.59. The third-order valence-corrected chi connectivity index (χ3v) is 3.80. The van der Waals surface area contributed by atoms with Crippen molar-refractivity contribution in [1.82, 2.24) is 5.32 Å². The first-order valence-electron chi connectivity index (χ1n) is 7.87. The molecule has 0 aromatic heterocycles. The average molecular weight is 348 g/mol. The van der Waals surface area contributed by atoms with Crippen LogP contribution in [0.2, 0.25) is 5.02 Å². The molecule has 2 aromatic rings. The van der Waals surface area contributed by atoms with E-state index in [0.717, 1.165) is 22.6 Å². The van der Waals surface area contributed by atoms with E-state index in [2.05, 4.69) is 5.32 Å². The molecular formula is C19H22ClNO3. The van der Waals surface area contributed by atoms with Gasteiger partial charge in [-0.05, 0) is 54.8 Å². The molecule has 1 amide bonds. The summed E-state index contributed by atoms with van der Waals surface area (Å²) in [6.45, 7) is 2.93. The van der Waals surface area contributed by atoms with Crippen LogP contribution in [0.1, 0.15) is 24.0 Å². The Hall–Kier alpha value is -2.20. The van der Waals surface area contributed by atoms with Crippen LogP contribution in [0.25, 0.3) is 0 Å². The maximum absolute atomic E-state index is 11.9. The third-order valence-electron chi connectivity index (χ3n) is 3.57. The summed E-state index contributed by atoms with van der Waals surface area (Å²) in [7, 11) is 1.63. The molecule has 0 atom stereocenters. The van der Waals surface area contributed by atoms with Crippen molar-refractivity contribution in [3.05, 3.63) is 58.6 Å². The van der Waals surface area contributed by atoms with Gasteiger partial charge >= 0.3 is 0 Å². The summed E-state index contributed by atoms with van der Waals surface area (Å²) in [4.78, 5) is 11.9. The van der Waals surface area contributed by atoms with Crippen molar-refractivity contribution >= 4 is 17.5 Å². The van der Waals surface area contributed by atoms with Crippen molar-refractivity contribution < 1.29 is 14.3 Å². The largest absolute Gasteiger partial charge is 0.497 e. The summed E-state index contributed by atoms with van der Waals surface area (Å²) >= 11 is 5.91. The maximum Gasteiger partial charge on any atom is 0.220 e. The van der Waals surface area contributed by atoms with Gasteiger partial charge < -0.3 is 14.8 Å². The summed E-state index contributed by atoms with van der Waals surface area (Å²) < 4.78 is 10.8. The number of ether oxygens (including phenoxy) is 2. The van der Waals surface area contributed by atoms with Crippen molar-refractivity contribution in [2.75, 3.05) is 13.7 Å². The lowest BCUT2D eigenvalue weighted by molar-refractivity contribution is -0.121. The Bertz CT molecular complexity index is 688. The van der Waals surface area contributed by atoms with E-state index in [-0.39, 0.29) is 5.91 Å². The second-order valence-electron chi connectivity index (χ2n) is 5.49. The number of benzene rings is 2. The minimum Gasteiger partial charge on any atom is -0.497 e. The molecule has 0 aliphatic heterocycles. The van der Waals surface area contributed by atoms with Gasteiger partial charge in [0.2, 0.25) is 5.91 Å². The number of hydrogen-bond donors (Lipinski definition) is 1. The van der Waals surface area contributed by atoms with Gasteiger partial charge in [0.15, 0.2) is 0 Å². The zero-order valence-corrected chi connectivity index (χ0v) is 14.7. The Balaban J connectivity index is 1.67. The lowest BCUT2D eigenvalue weighted by Gasteiger charge is -2.10. The SMILES string of the molecule is COc1cccc(CNC(=O)CCCOc2ccc(Cl)cc2C)c1. The first kappa shape index (κ1) is 18.1. The van der Waals surface area contributed by atoms with Crippen LogP contribution >= 0.6 is 11.6 Å². The molecule has 5 heteroatoms. The smallest absolute Gasteiger partial charge is 0.220 e. The Labute approximate surface area is 147 Å². The second kappa shape index (κ2) is 9.18. The molecule has 4 nitrogen and oxygen atoms in total. The number of aryl methyl sites for hydroxylation is 1. The van der Waals surface area contributed by atoms with Crippen LogP contribution in [0.15, 0.2) is 42.5 Å². The highest BCUT2D eigenvalue weighted by Crippen LogP contribution is 2.21. The monoisotopic (exact) mass is 347 g/mol. The summed E-state index contributed by atoms with van der Waals surface area (Å²) in [6, 6.07) is 13.1. The van der Waals surface area contributed by atoms with Gasteiger partial charge in [-0.3, -0.25) is 4.79 Å². The van der Waals surface area contributed by atoms with Gasteiger partial charge in [-0.1, -0.05) is 23.7 Å². The Morgan fingerprint density at radius 1 is 1.21 bits per heavy atom. The van der Waals surface area contributed by atoms with Crippen LogP contribution < -0.4 is 14.8 Å². The van der Waals surface area contributed by atoms with E-state index in [1.807, 2.05) is 43.3 Å². The lowest BCUT2D eigenvalue weighted by Crippen LogP contribution is -2.23. The van der Waals surface area contributed by atoms with E-state index in [1.165, 1.54) is 0 Å². The van der Waals surface area contributed by atoms with Crippen LogP contribution in [0, 0.1) is 6.92 Å². The van der Waals surface area contributed by atoms with Gasteiger partial charge in [0.1, 0.15) is 11.5 Å². The number of halogens is 1. The zero-order chi connectivity index (χ0) is 17.4. The molecule has 0 radical (unpaired) electrons. The van der Waals surface area contributed by atoms with Crippen molar-refractivity contribution in [2.24, 2.45) is 0 Å². The van der Waals surface area contributed by atoms with E-state index >= 15 is 0 Å². The van der Waals surface area contributed by atoms with Crippen LogP contribution in [0.3, 0.4) is 0 Å². The predicted molar refractivity (Wildman–Crippen MR) is 95.8 cm³/mol. The van der Waals surface area contributed by atoms with Gasteiger partial charge in [0, 0.05) is 18.0 Å². The van der Waals surface area contributed by atoms with Crippen LogP contribution in [0.4, 0.5) is 0 Å². The maximum atomic E-state index is 11.9. The summed E-state index contributed by atoms with van der Waals surface area (Å²) in [6.07, 6.45) is 1.09. The first-order chi connectivity index (χ1) is 11.6. The van der Waals surface area contributed by atoms with E-state index in [9.17, 15) is 4.79 Å². The molecule has 0 unspecified atom stereocenters. The lowest BCUT2D eigenvalue weighted by atomic mass is 10.2. The first-order valence-corrected chi connectivity index (χ1v) is 8.25. The molecule has 0 bridgehead atoms. The molecule has 2 rings (SSSR count). The number of carbonyl (C=O) groups is 1. The minimum absolute atomic E-state index is 0.00856. The van der Waals surface area contributed by atoms with Gasteiger partial charge in [-0.2, -0.15) is 0 Å². The molecule has 0 aliphatic carbocycles. The van der Waals surface area contributed by atoms with Gasteiger partial charge in [0.25, 0.3) is 0 Å².